The minimum Gasteiger partial charge on any atom is -0.455 e. The van der Waals surface area contributed by atoms with Crippen LogP contribution in [-0.4, -0.2) is 51.2 Å². The minimum atomic E-state index is -9.76. The van der Waals surface area contributed by atoms with Crippen LogP contribution >= 0.6 is 10.2 Å². The lowest BCUT2D eigenvalue weighted by Crippen LogP contribution is -2.43. The SMILES string of the molecule is CC(C)(C)OC(=O)c1cc2n(n1)CCN(C(=O)CNC(=O)/C=C/c1ccc(S(F)(F)(F)(F)F)cc1)C2. The molecule has 0 aliphatic carbocycles. The second-order valence-electron chi connectivity index (χ2n) is 9.15. The summed E-state index contributed by atoms with van der Waals surface area (Å²) in [6.45, 7) is 5.65. The zero-order chi connectivity index (χ0) is 27.0. The highest BCUT2D eigenvalue weighted by molar-refractivity contribution is 8.45. The van der Waals surface area contributed by atoms with E-state index in [1.165, 1.54) is 11.0 Å². The third-order valence-electron chi connectivity index (χ3n) is 4.93. The van der Waals surface area contributed by atoms with Crippen molar-refractivity contribution < 1.29 is 38.5 Å². The highest BCUT2D eigenvalue weighted by Gasteiger charge is 2.65. The number of hydrogen-bond donors (Lipinski definition) is 1. The Morgan fingerprint density at radius 2 is 1.72 bits per heavy atom. The first kappa shape index (κ1) is 27.2. The quantitative estimate of drug-likeness (QED) is 0.329. The van der Waals surface area contributed by atoms with Gasteiger partial charge in [-0.15, -0.1) is 0 Å². The van der Waals surface area contributed by atoms with E-state index >= 15 is 0 Å². The zero-order valence-electron chi connectivity index (χ0n) is 19.6. The number of ether oxygens (including phenoxy) is 1. The molecular weight excluding hydrogens is 511 g/mol. The van der Waals surface area contributed by atoms with Crippen molar-refractivity contribution in [1.29, 1.82) is 0 Å². The predicted molar refractivity (Wildman–Crippen MR) is 123 cm³/mol. The Kier molecular flexibility index (Phi) is 6.50. The van der Waals surface area contributed by atoms with Crippen LogP contribution in [0.2, 0.25) is 0 Å². The Balaban J connectivity index is 1.53. The average molecular weight is 537 g/mol. The first-order valence-electron chi connectivity index (χ1n) is 10.7. The van der Waals surface area contributed by atoms with Gasteiger partial charge in [0.05, 0.1) is 25.3 Å². The number of carbonyl (C=O) groups is 3. The van der Waals surface area contributed by atoms with Crippen molar-refractivity contribution in [3.8, 4) is 0 Å². The van der Waals surface area contributed by atoms with Crippen molar-refractivity contribution in [2.24, 2.45) is 0 Å². The van der Waals surface area contributed by atoms with Gasteiger partial charge in [0.25, 0.3) is 0 Å². The summed E-state index contributed by atoms with van der Waals surface area (Å²) >= 11 is 0. The number of nitrogens with zero attached hydrogens (tertiary/aromatic N) is 3. The maximum Gasteiger partial charge on any atom is 0.359 e. The summed E-state index contributed by atoms with van der Waals surface area (Å²) in [5.41, 5.74) is 0.156. The third-order valence-corrected chi connectivity index (χ3v) is 6.09. The maximum absolute atomic E-state index is 12.8. The molecule has 0 atom stereocenters. The van der Waals surface area contributed by atoms with Gasteiger partial charge in [0.1, 0.15) is 10.5 Å². The van der Waals surface area contributed by atoms with E-state index < -0.39 is 38.5 Å². The number of amides is 2. The van der Waals surface area contributed by atoms with Gasteiger partial charge in [-0.25, -0.2) is 4.79 Å². The van der Waals surface area contributed by atoms with Gasteiger partial charge in [-0.2, -0.15) is 5.10 Å². The van der Waals surface area contributed by atoms with Crippen LogP contribution in [0.1, 0.15) is 42.5 Å². The second kappa shape index (κ2) is 8.61. The number of halogens is 5. The smallest absolute Gasteiger partial charge is 0.359 e. The maximum atomic E-state index is 12.8. The third kappa shape index (κ3) is 7.29. The number of nitrogens with one attached hydrogen (secondary N) is 1. The Labute approximate surface area is 203 Å². The summed E-state index contributed by atoms with van der Waals surface area (Å²) in [4.78, 5) is 36.1. The van der Waals surface area contributed by atoms with Gasteiger partial charge < -0.3 is 15.0 Å². The van der Waals surface area contributed by atoms with Crippen molar-refractivity contribution in [2.45, 2.75) is 44.4 Å². The fraction of sp³-hybridized carbons (Fsp3) is 0.364. The van der Waals surface area contributed by atoms with Crippen molar-refractivity contribution in [3.63, 3.8) is 0 Å². The molecular formula is C22H25F5N4O4S. The number of benzene rings is 1. The molecule has 1 aliphatic rings. The zero-order valence-corrected chi connectivity index (χ0v) is 20.5. The Morgan fingerprint density at radius 1 is 1.08 bits per heavy atom. The summed E-state index contributed by atoms with van der Waals surface area (Å²) in [7, 11) is -9.76. The number of fused-ring (bicyclic) bond motifs is 1. The summed E-state index contributed by atoms with van der Waals surface area (Å²) in [6.07, 6.45) is 2.10. The lowest BCUT2D eigenvalue weighted by molar-refractivity contribution is -0.133. The molecule has 0 saturated carbocycles. The fourth-order valence-corrected chi connectivity index (χ4v) is 3.90. The summed E-state index contributed by atoms with van der Waals surface area (Å²) in [5, 5.41) is 6.57. The average Bonchev–Trinajstić information content (AvgIpc) is 3.17. The molecule has 8 nitrogen and oxygen atoms in total. The van der Waals surface area contributed by atoms with E-state index in [1.54, 1.807) is 25.5 Å². The van der Waals surface area contributed by atoms with Crippen molar-refractivity contribution in [3.05, 3.63) is 53.4 Å². The molecule has 0 spiro atoms. The van der Waals surface area contributed by atoms with E-state index in [0.29, 0.717) is 18.8 Å². The molecule has 2 heterocycles. The molecule has 3 rings (SSSR count). The molecule has 1 aromatic heterocycles. The standard InChI is InChI=1S/C22H25F5N4O4S/c1-22(2,3)35-21(34)18-12-16-14-30(10-11-31(16)29-18)20(33)13-28-19(32)9-6-15-4-7-17(8-5-15)36(23,24,25,26)27/h4-9,12H,10-11,13-14H2,1-3H3,(H,28,32)/b9-6+. The van der Waals surface area contributed by atoms with Crippen LogP contribution in [0.3, 0.4) is 0 Å². The first-order chi connectivity index (χ1) is 16.3. The first-order valence-corrected chi connectivity index (χ1v) is 12.6. The van der Waals surface area contributed by atoms with Crippen LogP contribution in [0.15, 0.2) is 41.3 Å². The van der Waals surface area contributed by atoms with Gasteiger partial charge in [0, 0.05) is 12.6 Å². The number of carbonyl (C=O) groups excluding carboxylic acids is 3. The lowest BCUT2D eigenvalue weighted by atomic mass is 10.2. The van der Waals surface area contributed by atoms with E-state index in [2.05, 4.69) is 10.4 Å². The van der Waals surface area contributed by atoms with E-state index in [1.807, 2.05) is 0 Å². The molecule has 0 saturated heterocycles. The van der Waals surface area contributed by atoms with Gasteiger partial charge in [-0.1, -0.05) is 31.6 Å². The van der Waals surface area contributed by atoms with E-state index in [0.717, 1.165) is 24.3 Å². The molecule has 1 aromatic carbocycles. The van der Waals surface area contributed by atoms with Gasteiger partial charge in [0.15, 0.2) is 5.69 Å². The van der Waals surface area contributed by atoms with Gasteiger partial charge in [0.2, 0.25) is 11.8 Å². The van der Waals surface area contributed by atoms with Crippen LogP contribution in [0.4, 0.5) is 19.4 Å². The Morgan fingerprint density at radius 3 is 2.31 bits per heavy atom. The lowest BCUT2D eigenvalue weighted by Gasteiger charge is -2.40. The molecule has 198 valence electrons. The molecule has 1 N–H and O–H groups in total. The second-order valence-corrected chi connectivity index (χ2v) is 11.6. The minimum absolute atomic E-state index is 0.0900. The van der Waals surface area contributed by atoms with Crippen LogP contribution in [-0.2, 0) is 27.4 Å². The molecule has 14 heteroatoms. The van der Waals surface area contributed by atoms with Crippen molar-refractivity contribution in [1.82, 2.24) is 20.0 Å². The molecule has 1 aliphatic heterocycles. The number of rotatable bonds is 6. The molecule has 0 bridgehead atoms. The number of esters is 1. The molecule has 0 unspecified atom stereocenters. The molecule has 36 heavy (non-hydrogen) atoms. The van der Waals surface area contributed by atoms with Gasteiger partial charge in [-0.3, -0.25) is 14.3 Å². The molecule has 0 radical (unpaired) electrons. The topological polar surface area (TPSA) is 93.5 Å². The van der Waals surface area contributed by atoms with Gasteiger partial charge in [-0.05, 0) is 50.6 Å². The van der Waals surface area contributed by atoms with E-state index in [9.17, 15) is 33.8 Å². The summed E-state index contributed by atoms with van der Waals surface area (Å²) < 4.78 is 70.7. The number of hydrogen-bond acceptors (Lipinski definition) is 5. The summed E-state index contributed by atoms with van der Waals surface area (Å²) in [6, 6.07) is 3.65. The number of aromatic nitrogens is 2. The monoisotopic (exact) mass is 536 g/mol. The van der Waals surface area contributed by atoms with E-state index in [4.69, 9.17) is 4.74 Å². The summed E-state index contributed by atoms with van der Waals surface area (Å²) in [5.74, 6) is -1.68. The Bertz CT molecular complexity index is 1220. The van der Waals surface area contributed by atoms with Crippen LogP contribution in [0.25, 0.3) is 6.08 Å². The Hall–Kier alpha value is -3.42. The van der Waals surface area contributed by atoms with Gasteiger partial charge >= 0.3 is 16.2 Å². The predicted octanol–water partition coefficient (Wildman–Crippen LogP) is 4.67. The molecule has 0 fully saturated rings. The van der Waals surface area contributed by atoms with Crippen LogP contribution in [0, 0.1) is 0 Å². The van der Waals surface area contributed by atoms with Crippen LogP contribution in [0.5, 0.6) is 0 Å². The molecule has 2 amide bonds. The fourth-order valence-electron chi connectivity index (χ4n) is 3.25. The largest absolute Gasteiger partial charge is 0.455 e. The molecule has 2 aromatic rings. The van der Waals surface area contributed by atoms with Crippen molar-refractivity contribution >= 4 is 34.1 Å². The highest BCUT2D eigenvalue weighted by atomic mass is 32.5. The van der Waals surface area contributed by atoms with Crippen LogP contribution < -0.4 is 5.32 Å². The normalized spacial score (nSPS) is 16.2. The highest BCUT2D eigenvalue weighted by Crippen LogP contribution is 3.02. The van der Waals surface area contributed by atoms with E-state index in [-0.39, 0.29) is 36.5 Å². The van der Waals surface area contributed by atoms with Crippen molar-refractivity contribution in [2.75, 3.05) is 13.1 Å².